The van der Waals surface area contributed by atoms with Crippen LogP contribution in [0.4, 0.5) is 5.69 Å². The Morgan fingerprint density at radius 2 is 2.00 bits per heavy atom. The lowest BCUT2D eigenvalue weighted by Crippen LogP contribution is -2.30. The molecule has 0 N–H and O–H groups in total. The average Bonchev–Trinajstić information content (AvgIpc) is 2.49. The number of hydrogen-bond donors (Lipinski definition) is 0. The number of ether oxygens (including phenoxy) is 1. The normalized spacial score (nSPS) is 16.3. The molecule has 1 aromatic rings. The summed E-state index contributed by atoms with van der Waals surface area (Å²) in [5, 5.41) is 0.984. The highest BCUT2D eigenvalue weighted by Crippen LogP contribution is 2.15. The van der Waals surface area contributed by atoms with Crippen LogP contribution in [0.25, 0.3) is 0 Å². The van der Waals surface area contributed by atoms with E-state index in [-0.39, 0.29) is 0 Å². The van der Waals surface area contributed by atoms with Crippen molar-refractivity contribution < 1.29 is 9.31 Å². The van der Waals surface area contributed by atoms with Crippen LogP contribution in [-0.2, 0) is 4.74 Å². The fourth-order valence-electron chi connectivity index (χ4n) is 1.86. The van der Waals surface area contributed by atoms with Crippen molar-refractivity contribution in [1.82, 2.24) is 0 Å². The van der Waals surface area contributed by atoms with Gasteiger partial charge >= 0.3 is 0 Å². The number of morpholine rings is 1. The molecule has 0 spiro atoms. The van der Waals surface area contributed by atoms with Crippen molar-refractivity contribution in [1.29, 1.82) is 0 Å². The fourth-order valence-corrected chi connectivity index (χ4v) is 2.39. The van der Waals surface area contributed by atoms with Crippen LogP contribution in [0.3, 0.4) is 0 Å². The van der Waals surface area contributed by atoms with Gasteiger partial charge < -0.3 is 9.64 Å². The molecule has 1 fully saturated rings. The molecule has 0 aromatic heterocycles. The number of amidine groups is 1. The standard InChI is InChI=1S/C14H20N3OS/c1-16(13-6-4-3-5-7-13)14(19-2)15-12-17-8-10-18-11-9-17/h3-7,12H,8-11H2,1-2H3/q+1. The highest BCUT2D eigenvalue weighted by atomic mass is 32.2. The molecule has 1 aliphatic heterocycles. The molecule has 1 aromatic carbocycles. The monoisotopic (exact) mass is 278 g/mol. The van der Waals surface area contributed by atoms with Gasteiger partial charge in [-0.05, 0) is 23.4 Å². The van der Waals surface area contributed by atoms with Crippen LogP contribution in [0.2, 0.25) is 0 Å². The van der Waals surface area contributed by atoms with Crippen molar-refractivity contribution >= 4 is 29.0 Å². The molecule has 0 aliphatic carbocycles. The summed E-state index contributed by atoms with van der Waals surface area (Å²) in [5.41, 5.74) is 1.14. The van der Waals surface area contributed by atoms with Crippen LogP contribution < -0.4 is 4.90 Å². The van der Waals surface area contributed by atoms with Gasteiger partial charge in [-0.25, -0.2) is 0 Å². The minimum Gasteiger partial charge on any atom is -0.373 e. The van der Waals surface area contributed by atoms with Crippen LogP contribution in [0.15, 0.2) is 35.3 Å². The molecule has 0 saturated carbocycles. The van der Waals surface area contributed by atoms with Crippen molar-refractivity contribution in [2.24, 2.45) is 4.99 Å². The molecule has 0 radical (unpaired) electrons. The quantitative estimate of drug-likeness (QED) is 0.470. The summed E-state index contributed by atoms with van der Waals surface area (Å²) in [6.45, 7) is 3.41. The number of anilines is 1. The summed E-state index contributed by atoms with van der Waals surface area (Å²) in [6, 6.07) is 10.3. The number of hydrogen-bond acceptors (Lipinski definition) is 2. The van der Waals surface area contributed by atoms with Crippen molar-refractivity contribution in [3.05, 3.63) is 30.3 Å². The molecule has 4 nitrogen and oxygen atoms in total. The van der Waals surface area contributed by atoms with E-state index in [1.165, 1.54) is 0 Å². The van der Waals surface area contributed by atoms with Gasteiger partial charge in [-0.2, -0.15) is 0 Å². The maximum atomic E-state index is 5.32. The first kappa shape index (κ1) is 14.1. The second-order valence-corrected chi connectivity index (χ2v) is 5.05. The van der Waals surface area contributed by atoms with E-state index in [4.69, 9.17) is 4.74 Å². The van der Waals surface area contributed by atoms with E-state index in [9.17, 15) is 0 Å². The Labute approximate surface area is 118 Å². The summed E-state index contributed by atoms with van der Waals surface area (Å²) >= 11 is 1.65. The number of para-hydroxylation sites is 1. The Morgan fingerprint density at radius 3 is 2.63 bits per heavy atom. The topological polar surface area (TPSA) is 27.8 Å². The number of benzene rings is 1. The van der Waals surface area contributed by atoms with Crippen LogP contribution in [0, 0.1) is 0 Å². The van der Waals surface area contributed by atoms with Crippen LogP contribution >= 0.6 is 11.8 Å². The van der Waals surface area contributed by atoms with Gasteiger partial charge in [0.05, 0.1) is 13.2 Å². The summed E-state index contributed by atoms with van der Waals surface area (Å²) in [7, 11) is 2.04. The maximum Gasteiger partial charge on any atom is 0.285 e. The molecule has 0 unspecified atom stereocenters. The predicted molar refractivity (Wildman–Crippen MR) is 82.7 cm³/mol. The highest BCUT2D eigenvalue weighted by molar-refractivity contribution is 8.13. The van der Waals surface area contributed by atoms with Gasteiger partial charge in [0.2, 0.25) is 0 Å². The second-order valence-electron chi connectivity index (χ2n) is 4.27. The first-order chi connectivity index (χ1) is 9.31. The van der Waals surface area contributed by atoms with Gasteiger partial charge in [0, 0.05) is 12.7 Å². The molecule has 0 bridgehead atoms. The van der Waals surface area contributed by atoms with Crippen molar-refractivity contribution in [2.75, 3.05) is 44.5 Å². The van der Waals surface area contributed by atoms with Crippen LogP contribution in [-0.4, -0.2) is 55.7 Å². The molecule has 1 heterocycles. The predicted octanol–water partition coefficient (Wildman–Crippen LogP) is 1.91. The Kier molecular flexibility index (Phi) is 5.42. The number of thioether (sulfide) groups is 1. The molecule has 1 aliphatic rings. The zero-order valence-electron chi connectivity index (χ0n) is 11.5. The number of rotatable bonds is 2. The third-order valence-electron chi connectivity index (χ3n) is 2.99. The minimum absolute atomic E-state index is 0.787. The Morgan fingerprint density at radius 1 is 1.32 bits per heavy atom. The summed E-state index contributed by atoms with van der Waals surface area (Å²) in [5.74, 6) is 0. The Hall–Kier alpha value is -1.33. The third-order valence-corrected chi connectivity index (χ3v) is 3.73. The smallest absolute Gasteiger partial charge is 0.285 e. The summed E-state index contributed by atoms with van der Waals surface area (Å²) in [6.07, 6.45) is 3.97. The molecular formula is C14H20N3OS+. The largest absolute Gasteiger partial charge is 0.373 e. The first-order valence-corrected chi connectivity index (χ1v) is 7.59. The lowest BCUT2D eigenvalue weighted by atomic mass is 10.3. The molecule has 5 heteroatoms. The zero-order chi connectivity index (χ0) is 13.5. The molecule has 19 heavy (non-hydrogen) atoms. The SMILES string of the molecule is CSC(=NC=[N+]1CCOCC1)N(C)c1ccccc1. The van der Waals surface area contributed by atoms with E-state index < -0.39 is 0 Å². The Balaban J connectivity index is 2.10. The van der Waals surface area contributed by atoms with E-state index >= 15 is 0 Å². The molecule has 102 valence electrons. The van der Waals surface area contributed by atoms with E-state index in [0.29, 0.717) is 0 Å². The van der Waals surface area contributed by atoms with Gasteiger partial charge in [-0.3, -0.25) is 4.58 Å². The van der Waals surface area contributed by atoms with E-state index in [1.54, 1.807) is 11.8 Å². The highest BCUT2D eigenvalue weighted by Gasteiger charge is 2.13. The second kappa shape index (κ2) is 7.31. The first-order valence-electron chi connectivity index (χ1n) is 6.37. The van der Waals surface area contributed by atoms with Gasteiger partial charge in [0.15, 0.2) is 0 Å². The van der Waals surface area contributed by atoms with E-state index in [2.05, 4.69) is 26.6 Å². The molecule has 0 atom stereocenters. The minimum atomic E-state index is 0.787. The molecule has 1 saturated heterocycles. The number of aliphatic imine (C=N–C) groups is 1. The molecular weight excluding hydrogens is 258 g/mol. The summed E-state index contributed by atoms with van der Waals surface area (Å²) in [4.78, 5) is 6.69. The van der Waals surface area contributed by atoms with Gasteiger partial charge in [-0.15, -0.1) is 0 Å². The average molecular weight is 278 g/mol. The lowest BCUT2D eigenvalue weighted by molar-refractivity contribution is -0.545. The lowest BCUT2D eigenvalue weighted by Gasteiger charge is -2.16. The van der Waals surface area contributed by atoms with Crippen molar-refractivity contribution in [2.45, 2.75) is 0 Å². The van der Waals surface area contributed by atoms with Crippen LogP contribution in [0.1, 0.15) is 0 Å². The van der Waals surface area contributed by atoms with Gasteiger partial charge in [0.25, 0.3) is 11.5 Å². The van der Waals surface area contributed by atoms with Crippen molar-refractivity contribution in [3.8, 4) is 0 Å². The fraction of sp³-hybridized carbons (Fsp3) is 0.429. The summed E-state index contributed by atoms with van der Waals surface area (Å²) < 4.78 is 7.52. The van der Waals surface area contributed by atoms with Gasteiger partial charge in [0.1, 0.15) is 13.1 Å². The zero-order valence-corrected chi connectivity index (χ0v) is 12.3. The maximum absolute atomic E-state index is 5.32. The van der Waals surface area contributed by atoms with E-state index in [1.807, 2.05) is 37.8 Å². The van der Waals surface area contributed by atoms with Crippen molar-refractivity contribution in [3.63, 3.8) is 0 Å². The molecule has 0 amide bonds. The third kappa shape index (κ3) is 4.08. The van der Waals surface area contributed by atoms with Crippen LogP contribution in [0.5, 0.6) is 0 Å². The van der Waals surface area contributed by atoms with E-state index in [0.717, 1.165) is 37.2 Å². The van der Waals surface area contributed by atoms with Gasteiger partial charge in [-0.1, -0.05) is 30.0 Å². The number of nitrogens with zero attached hydrogens (tertiary/aromatic N) is 3. The molecule has 2 rings (SSSR count). The Bertz CT molecular complexity index is 451.